The van der Waals surface area contributed by atoms with Gasteiger partial charge in [0.2, 0.25) is 0 Å². The van der Waals surface area contributed by atoms with E-state index in [2.05, 4.69) is 10.1 Å². The Morgan fingerprint density at radius 2 is 2.05 bits per heavy atom. The van der Waals surface area contributed by atoms with Crippen LogP contribution in [0.25, 0.3) is 0 Å². The Hall–Kier alpha value is -0.980. The number of para-hydroxylation sites is 1. The summed E-state index contributed by atoms with van der Waals surface area (Å²) in [5, 5.41) is 3.43. The summed E-state index contributed by atoms with van der Waals surface area (Å²) in [5.74, 6) is 0.340. The molecule has 0 saturated carbocycles. The van der Waals surface area contributed by atoms with Gasteiger partial charge in [0, 0.05) is 12.1 Å². The Kier molecular flexibility index (Phi) is 6.41. The van der Waals surface area contributed by atoms with E-state index < -0.39 is 19.6 Å². The van der Waals surface area contributed by atoms with Gasteiger partial charge < -0.3 is 14.8 Å². The van der Waals surface area contributed by atoms with Crippen LogP contribution < -0.4 is 10.1 Å². The van der Waals surface area contributed by atoms with Crippen molar-refractivity contribution in [2.45, 2.75) is 19.6 Å². The van der Waals surface area contributed by atoms with Gasteiger partial charge in [-0.25, -0.2) is 0 Å². The second-order valence-corrected chi connectivity index (χ2v) is 4.14. The fraction of sp³-hybridized carbons (Fsp3) is 0.500. The molecule has 0 amide bonds. The van der Waals surface area contributed by atoms with E-state index in [-0.39, 0.29) is 0 Å². The number of halogens is 4. The van der Waals surface area contributed by atoms with Crippen LogP contribution in [0.15, 0.2) is 18.2 Å². The first kappa shape index (κ1) is 16.1. The molecule has 0 aliphatic rings. The summed E-state index contributed by atoms with van der Waals surface area (Å²) < 4.78 is 45.2. The highest BCUT2D eigenvalue weighted by Gasteiger charge is 2.27. The molecule has 1 rings (SSSR count). The molecule has 0 radical (unpaired) electrons. The van der Waals surface area contributed by atoms with Crippen molar-refractivity contribution in [3.63, 3.8) is 0 Å². The second-order valence-electron chi connectivity index (χ2n) is 3.73. The van der Waals surface area contributed by atoms with Crippen molar-refractivity contribution in [2.24, 2.45) is 0 Å². The van der Waals surface area contributed by atoms with Crippen molar-refractivity contribution in [2.75, 3.05) is 19.9 Å². The minimum Gasteiger partial charge on any atom is -0.466 e. The Labute approximate surface area is 114 Å². The average Bonchev–Trinajstić information content (AvgIpc) is 2.32. The van der Waals surface area contributed by atoms with E-state index >= 15 is 0 Å². The first-order valence-electron chi connectivity index (χ1n) is 5.69. The SMILES string of the molecule is CCNCc1cccc(Cl)c1OCOCC(F)(F)F. The van der Waals surface area contributed by atoms with Gasteiger partial charge in [-0.05, 0) is 12.6 Å². The average molecular weight is 298 g/mol. The van der Waals surface area contributed by atoms with Gasteiger partial charge in [-0.15, -0.1) is 0 Å². The molecule has 0 aliphatic heterocycles. The Morgan fingerprint density at radius 1 is 1.32 bits per heavy atom. The van der Waals surface area contributed by atoms with Crippen molar-refractivity contribution in [1.29, 1.82) is 0 Å². The Bertz CT molecular complexity index is 399. The zero-order chi connectivity index (χ0) is 14.3. The van der Waals surface area contributed by atoms with Gasteiger partial charge in [-0.3, -0.25) is 0 Å². The number of nitrogens with one attached hydrogen (secondary N) is 1. The number of alkyl halides is 3. The quantitative estimate of drug-likeness (QED) is 0.618. The molecule has 1 N–H and O–H groups in total. The van der Waals surface area contributed by atoms with Crippen LogP contribution in [0.4, 0.5) is 13.2 Å². The lowest BCUT2D eigenvalue weighted by Crippen LogP contribution is -2.19. The van der Waals surface area contributed by atoms with E-state index in [0.29, 0.717) is 17.3 Å². The molecule has 19 heavy (non-hydrogen) atoms. The third-order valence-electron chi connectivity index (χ3n) is 2.17. The molecule has 108 valence electrons. The normalized spacial score (nSPS) is 11.6. The smallest absolute Gasteiger partial charge is 0.411 e. The summed E-state index contributed by atoms with van der Waals surface area (Å²) in [5.41, 5.74) is 0.768. The fourth-order valence-corrected chi connectivity index (χ4v) is 1.62. The molecule has 0 bridgehead atoms. The van der Waals surface area contributed by atoms with Crippen LogP contribution in [-0.4, -0.2) is 26.1 Å². The number of hydrogen-bond donors (Lipinski definition) is 1. The molecule has 0 fully saturated rings. The van der Waals surface area contributed by atoms with Gasteiger partial charge in [0.05, 0.1) is 5.02 Å². The lowest BCUT2D eigenvalue weighted by atomic mass is 10.2. The summed E-state index contributed by atoms with van der Waals surface area (Å²) in [4.78, 5) is 0. The predicted molar refractivity (Wildman–Crippen MR) is 66.3 cm³/mol. The van der Waals surface area contributed by atoms with Crippen molar-refractivity contribution in [1.82, 2.24) is 5.32 Å². The van der Waals surface area contributed by atoms with Gasteiger partial charge in [-0.2, -0.15) is 13.2 Å². The predicted octanol–water partition coefficient (Wildman–Crippen LogP) is 3.36. The van der Waals surface area contributed by atoms with Crippen molar-refractivity contribution >= 4 is 11.6 Å². The summed E-state index contributed by atoms with van der Waals surface area (Å²) in [6.45, 7) is 1.38. The minimum atomic E-state index is -4.36. The van der Waals surface area contributed by atoms with Crippen LogP contribution in [-0.2, 0) is 11.3 Å². The third kappa shape index (κ3) is 6.13. The van der Waals surface area contributed by atoms with E-state index in [1.54, 1.807) is 18.2 Å². The van der Waals surface area contributed by atoms with Crippen LogP contribution in [0.2, 0.25) is 5.02 Å². The number of rotatable bonds is 7. The van der Waals surface area contributed by atoms with Gasteiger partial charge in [-0.1, -0.05) is 30.7 Å². The number of benzene rings is 1. The van der Waals surface area contributed by atoms with Gasteiger partial charge >= 0.3 is 6.18 Å². The topological polar surface area (TPSA) is 30.5 Å². The highest BCUT2D eigenvalue weighted by atomic mass is 35.5. The maximum atomic E-state index is 11.9. The molecule has 0 atom stereocenters. The lowest BCUT2D eigenvalue weighted by molar-refractivity contribution is -0.186. The summed E-state index contributed by atoms with van der Waals surface area (Å²) in [6, 6.07) is 5.14. The summed E-state index contributed by atoms with van der Waals surface area (Å²) >= 11 is 5.95. The Balaban J connectivity index is 2.56. The lowest BCUT2D eigenvalue weighted by Gasteiger charge is -2.14. The Morgan fingerprint density at radius 3 is 2.68 bits per heavy atom. The van der Waals surface area contributed by atoms with Crippen LogP contribution in [0, 0.1) is 0 Å². The molecule has 1 aromatic carbocycles. The van der Waals surface area contributed by atoms with E-state index in [9.17, 15) is 13.2 Å². The van der Waals surface area contributed by atoms with Crippen molar-refractivity contribution in [3.05, 3.63) is 28.8 Å². The molecular weight excluding hydrogens is 283 g/mol. The molecule has 0 unspecified atom stereocenters. The maximum Gasteiger partial charge on any atom is 0.411 e. The molecule has 1 aromatic rings. The van der Waals surface area contributed by atoms with Gasteiger partial charge in [0.1, 0.15) is 12.4 Å². The van der Waals surface area contributed by atoms with Crippen molar-refractivity contribution < 1.29 is 22.6 Å². The van der Waals surface area contributed by atoms with E-state index in [1.807, 2.05) is 6.92 Å². The van der Waals surface area contributed by atoms with Crippen LogP contribution in [0.5, 0.6) is 5.75 Å². The van der Waals surface area contributed by atoms with Gasteiger partial charge in [0.15, 0.2) is 6.79 Å². The first-order valence-corrected chi connectivity index (χ1v) is 6.07. The van der Waals surface area contributed by atoms with E-state index in [0.717, 1.165) is 12.1 Å². The molecule has 0 spiro atoms. The number of hydrogen-bond acceptors (Lipinski definition) is 3. The molecule has 0 aromatic heterocycles. The zero-order valence-electron chi connectivity index (χ0n) is 10.4. The molecule has 3 nitrogen and oxygen atoms in total. The van der Waals surface area contributed by atoms with Crippen molar-refractivity contribution in [3.8, 4) is 5.75 Å². The van der Waals surface area contributed by atoms with Gasteiger partial charge in [0.25, 0.3) is 0 Å². The minimum absolute atomic E-state index is 0.339. The van der Waals surface area contributed by atoms with E-state index in [1.165, 1.54) is 0 Å². The summed E-state index contributed by atoms with van der Waals surface area (Å²) in [6.07, 6.45) is -4.36. The highest BCUT2D eigenvalue weighted by Crippen LogP contribution is 2.28. The number of ether oxygens (including phenoxy) is 2. The zero-order valence-corrected chi connectivity index (χ0v) is 11.1. The maximum absolute atomic E-state index is 11.9. The largest absolute Gasteiger partial charge is 0.466 e. The standard InChI is InChI=1S/C12H15ClF3NO2/c1-2-17-6-9-4-3-5-10(13)11(9)19-8-18-7-12(14,15)16/h3-5,17H,2,6-8H2,1H3. The molecule has 0 saturated heterocycles. The van der Waals surface area contributed by atoms with Crippen LogP contribution >= 0.6 is 11.6 Å². The molecule has 0 heterocycles. The second kappa shape index (κ2) is 7.57. The van der Waals surface area contributed by atoms with Crippen LogP contribution in [0.3, 0.4) is 0 Å². The highest BCUT2D eigenvalue weighted by molar-refractivity contribution is 6.32. The summed E-state index contributed by atoms with van der Waals surface area (Å²) in [7, 11) is 0. The molecule has 7 heteroatoms. The third-order valence-corrected chi connectivity index (χ3v) is 2.46. The first-order chi connectivity index (χ1) is 8.94. The van der Waals surface area contributed by atoms with Crippen LogP contribution in [0.1, 0.15) is 12.5 Å². The van der Waals surface area contributed by atoms with E-state index in [4.69, 9.17) is 16.3 Å². The monoisotopic (exact) mass is 297 g/mol. The fourth-order valence-electron chi connectivity index (χ4n) is 1.37. The molecular formula is C12H15ClF3NO2. The molecule has 0 aliphatic carbocycles.